The Morgan fingerprint density at radius 1 is 1.33 bits per heavy atom. The van der Waals surface area contributed by atoms with Gasteiger partial charge in [-0.15, -0.1) is 0 Å². The van der Waals surface area contributed by atoms with Gasteiger partial charge in [0.2, 0.25) is 0 Å². The molecule has 0 rings (SSSR count). The fraction of sp³-hybridized carbons (Fsp3) is 0.667. The fourth-order valence-electron chi connectivity index (χ4n) is 0.595. The quantitative estimate of drug-likeness (QED) is 0.353. The molecule has 0 aromatic carbocycles. The van der Waals surface area contributed by atoms with Crippen LogP contribution in [0.1, 0.15) is 6.42 Å². The highest BCUT2D eigenvalue weighted by atomic mass is 16.4. The molecule has 0 aromatic rings. The normalized spacial score (nSPS) is 17.9. The van der Waals surface area contributed by atoms with Crippen molar-refractivity contribution in [2.24, 2.45) is 0 Å². The standard InChI is InChI=1S/C6H10O6/c7-2-1-3(8)4(9)5(10)6(11)12/h2-5,8-10H,1H2,(H,11,12)/t3-,4-,5-/m1/s1. The van der Waals surface area contributed by atoms with Crippen molar-refractivity contribution in [3.63, 3.8) is 0 Å². The van der Waals surface area contributed by atoms with E-state index in [0.29, 0.717) is 6.29 Å². The number of rotatable bonds is 5. The topological polar surface area (TPSA) is 115 Å². The van der Waals surface area contributed by atoms with E-state index >= 15 is 0 Å². The molecule has 0 amide bonds. The average molecular weight is 178 g/mol. The van der Waals surface area contributed by atoms with Crippen LogP contribution in [0.25, 0.3) is 0 Å². The van der Waals surface area contributed by atoms with Gasteiger partial charge >= 0.3 is 5.97 Å². The van der Waals surface area contributed by atoms with E-state index in [1.54, 1.807) is 0 Å². The molecule has 0 aliphatic heterocycles. The minimum Gasteiger partial charge on any atom is -0.479 e. The summed E-state index contributed by atoms with van der Waals surface area (Å²) < 4.78 is 0. The van der Waals surface area contributed by atoms with Gasteiger partial charge in [-0.2, -0.15) is 0 Å². The van der Waals surface area contributed by atoms with E-state index in [9.17, 15) is 9.59 Å². The molecule has 3 atom stereocenters. The number of aliphatic carboxylic acids is 1. The van der Waals surface area contributed by atoms with Gasteiger partial charge in [-0.3, -0.25) is 0 Å². The van der Waals surface area contributed by atoms with Gasteiger partial charge < -0.3 is 25.2 Å². The van der Waals surface area contributed by atoms with Gasteiger partial charge in [0.15, 0.2) is 6.10 Å². The highest BCUT2D eigenvalue weighted by Gasteiger charge is 2.29. The number of carboxylic acid groups (broad SMARTS) is 1. The third-order valence-corrected chi connectivity index (χ3v) is 1.31. The molecule has 12 heavy (non-hydrogen) atoms. The Morgan fingerprint density at radius 2 is 1.83 bits per heavy atom. The number of hydrogen-bond donors (Lipinski definition) is 4. The maximum atomic E-state index is 10.0. The molecule has 70 valence electrons. The second-order valence-corrected chi connectivity index (χ2v) is 2.24. The summed E-state index contributed by atoms with van der Waals surface area (Å²) in [4.78, 5) is 19.9. The van der Waals surface area contributed by atoms with E-state index in [1.165, 1.54) is 0 Å². The maximum absolute atomic E-state index is 10.0. The summed E-state index contributed by atoms with van der Waals surface area (Å²) in [7, 11) is 0. The Balaban J connectivity index is 4.07. The van der Waals surface area contributed by atoms with Gasteiger partial charge in [0.1, 0.15) is 12.4 Å². The van der Waals surface area contributed by atoms with Crippen LogP contribution in [0, 0.1) is 0 Å². The summed E-state index contributed by atoms with van der Waals surface area (Å²) in [6.45, 7) is 0. The highest BCUT2D eigenvalue weighted by Crippen LogP contribution is 2.02. The van der Waals surface area contributed by atoms with E-state index in [0.717, 1.165) is 0 Å². The molecule has 0 saturated carbocycles. The highest BCUT2D eigenvalue weighted by molar-refractivity contribution is 5.72. The van der Waals surface area contributed by atoms with Crippen LogP contribution in [-0.4, -0.2) is 51.0 Å². The Kier molecular flexibility index (Phi) is 4.42. The largest absolute Gasteiger partial charge is 0.479 e. The third kappa shape index (κ3) is 2.95. The number of aldehydes is 1. The van der Waals surface area contributed by atoms with Crippen molar-refractivity contribution >= 4 is 12.3 Å². The number of aliphatic hydroxyl groups excluding tert-OH is 3. The smallest absolute Gasteiger partial charge is 0.335 e. The fourth-order valence-corrected chi connectivity index (χ4v) is 0.595. The van der Waals surface area contributed by atoms with Gasteiger partial charge in [-0.25, -0.2) is 4.79 Å². The van der Waals surface area contributed by atoms with Crippen LogP contribution in [0.5, 0.6) is 0 Å². The zero-order valence-electron chi connectivity index (χ0n) is 6.12. The van der Waals surface area contributed by atoms with Crippen LogP contribution in [0.15, 0.2) is 0 Å². The van der Waals surface area contributed by atoms with Gasteiger partial charge in [0, 0.05) is 6.42 Å². The van der Waals surface area contributed by atoms with Crippen molar-refractivity contribution in [3.05, 3.63) is 0 Å². The van der Waals surface area contributed by atoms with Gasteiger partial charge in [-0.1, -0.05) is 0 Å². The minimum absolute atomic E-state index is 0.322. The Labute approximate surface area is 68.1 Å². The van der Waals surface area contributed by atoms with Crippen LogP contribution < -0.4 is 0 Å². The number of carbonyl (C=O) groups excluding carboxylic acids is 1. The maximum Gasteiger partial charge on any atom is 0.335 e. The Morgan fingerprint density at radius 3 is 2.17 bits per heavy atom. The predicted molar refractivity (Wildman–Crippen MR) is 36.3 cm³/mol. The van der Waals surface area contributed by atoms with Crippen LogP contribution >= 0.6 is 0 Å². The van der Waals surface area contributed by atoms with E-state index in [2.05, 4.69) is 0 Å². The summed E-state index contributed by atoms with van der Waals surface area (Å²) in [6, 6.07) is 0. The summed E-state index contributed by atoms with van der Waals surface area (Å²) in [5, 5.41) is 34.5. The first-order valence-corrected chi connectivity index (χ1v) is 3.21. The van der Waals surface area contributed by atoms with E-state index in [1.807, 2.05) is 0 Å². The molecular formula is C6H10O6. The number of hydrogen-bond acceptors (Lipinski definition) is 5. The van der Waals surface area contributed by atoms with Crippen molar-refractivity contribution < 1.29 is 30.0 Å². The lowest BCUT2D eigenvalue weighted by molar-refractivity contribution is -0.158. The lowest BCUT2D eigenvalue weighted by atomic mass is 10.1. The molecule has 0 aliphatic carbocycles. The first-order valence-electron chi connectivity index (χ1n) is 3.21. The molecule has 0 aromatic heterocycles. The molecule has 6 nitrogen and oxygen atoms in total. The van der Waals surface area contributed by atoms with E-state index in [4.69, 9.17) is 20.4 Å². The summed E-state index contributed by atoms with van der Waals surface area (Å²) in [6.07, 6.45) is -5.55. The lowest BCUT2D eigenvalue weighted by Gasteiger charge is -2.17. The SMILES string of the molecule is O=CC[C@@H](O)[C@@H](O)[C@@H](O)C(=O)O. The molecule has 4 N–H and O–H groups in total. The van der Waals surface area contributed by atoms with Crippen LogP contribution in [0.2, 0.25) is 0 Å². The minimum atomic E-state index is -2.07. The molecule has 0 saturated heterocycles. The molecule has 0 heterocycles. The number of carbonyl (C=O) groups is 2. The molecule has 0 bridgehead atoms. The van der Waals surface area contributed by atoms with Crippen molar-refractivity contribution in [1.29, 1.82) is 0 Å². The molecule has 0 spiro atoms. The summed E-state index contributed by atoms with van der Waals surface area (Å²) in [5.41, 5.74) is 0. The van der Waals surface area contributed by atoms with Gasteiger partial charge in [0.25, 0.3) is 0 Å². The third-order valence-electron chi connectivity index (χ3n) is 1.31. The first-order chi connectivity index (χ1) is 5.50. The summed E-state index contributed by atoms with van der Waals surface area (Å²) in [5.74, 6) is -1.65. The van der Waals surface area contributed by atoms with Crippen molar-refractivity contribution in [2.45, 2.75) is 24.7 Å². The zero-order chi connectivity index (χ0) is 9.72. The molecular weight excluding hydrogens is 168 g/mol. The Bertz CT molecular complexity index is 167. The van der Waals surface area contributed by atoms with Crippen molar-refractivity contribution in [2.75, 3.05) is 0 Å². The molecule has 0 aliphatic rings. The van der Waals surface area contributed by atoms with Gasteiger partial charge in [0.05, 0.1) is 6.10 Å². The van der Waals surface area contributed by atoms with Crippen molar-refractivity contribution in [1.82, 2.24) is 0 Å². The van der Waals surface area contributed by atoms with Crippen molar-refractivity contribution in [3.8, 4) is 0 Å². The second-order valence-electron chi connectivity index (χ2n) is 2.24. The van der Waals surface area contributed by atoms with E-state index in [-0.39, 0.29) is 0 Å². The predicted octanol–water partition coefficient (Wildman–Crippen LogP) is -2.26. The second kappa shape index (κ2) is 4.81. The first kappa shape index (κ1) is 11.0. The van der Waals surface area contributed by atoms with Crippen LogP contribution in [-0.2, 0) is 9.59 Å². The van der Waals surface area contributed by atoms with E-state index < -0.39 is 30.7 Å². The zero-order valence-corrected chi connectivity index (χ0v) is 6.12. The van der Waals surface area contributed by atoms with Crippen LogP contribution in [0.4, 0.5) is 0 Å². The molecule has 6 heteroatoms. The summed E-state index contributed by atoms with van der Waals surface area (Å²) >= 11 is 0. The number of carboxylic acids is 1. The lowest BCUT2D eigenvalue weighted by Crippen LogP contribution is -2.42. The Hall–Kier alpha value is -0.980. The monoisotopic (exact) mass is 178 g/mol. The molecule has 0 radical (unpaired) electrons. The molecule has 0 unspecified atom stereocenters. The average Bonchev–Trinajstić information content (AvgIpc) is 2.02. The van der Waals surface area contributed by atoms with Gasteiger partial charge in [-0.05, 0) is 0 Å². The number of aliphatic hydroxyl groups is 3. The van der Waals surface area contributed by atoms with Crippen LogP contribution in [0.3, 0.4) is 0 Å². The molecule has 0 fully saturated rings.